The smallest absolute Gasteiger partial charge is 0.342 e. The number of aromatic nitrogens is 1. The van der Waals surface area contributed by atoms with E-state index in [1.807, 2.05) is 4.98 Å². The molecule has 0 aliphatic heterocycles. The van der Waals surface area contributed by atoms with E-state index in [0.29, 0.717) is 0 Å². The Morgan fingerprint density at radius 2 is 2.08 bits per heavy atom. The number of nitrogens with zero attached hydrogens (tertiary/aromatic N) is 1. The van der Waals surface area contributed by atoms with Crippen LogP contribution >= 0.6 is 15.9 Å². The minimum Gasteiger partial charge on any atom is -0.342 e. The van der Waals surface area contributed by atoms with Gasteiger partial charge in [0.25, 0.3) is 0 Å². The molecule has 1 rings (SSSR count). The highest BCUT2D eigenvalue weighted by Gasteiger charge is 2.35. The molecule has 0 radical (unpaired) electrons. The summed E-state index contributed by atoms with van der Waals surface area (Å²) in [6.07, 6.45) is -4.45. The maximum absolute atomic E-state index is 12.0. The number of halogens is 4. The van der Waals surface area contributed by atoms with Crippen LogP contribution in [0.15, 0.2) is 10.5 Å². The second-order valence-corrected chi connectivity index (χ2v) is 2.87. The first-order chi connectivity index (χ1) is 5.45. The van der Waals surface area contributed by atoms with Crippen molar-refractivity contribution in [2.75, 3.05) is 0 Å². The van der Waals surface area contributed by atoms with Crippen LogP contribution in [-0.4, -0.2) is 4.98 Å². The molecule has 1 aromatic rings. The summed E-state index contributed by atoms with van der Waals surface area (Å²) < 4.78 is 35.9. The molecule has 1 heterocycles. The topological polar surface area (TPSA) is 39.6 Å². The van der Waals surface area contributed by atoms with Gasteiger partial charge in [-0.1, -0.05) is 0 Å². The first-order valence-electron chi connectivity index (χ1n) is 2.81. The van der Waals surface area contributed by atoms with Crippen LogP contribution in [0.5, 0.6) is 0 Å². The van der Waals surface area contributed by atoms with Crippen LogP contribution in [0.1, 0.15) is 11.4 Å². The molecule has 0 fully saturated rings. The maximum Gasteiger partial charge on any atom is 0.432 e. The first kappa shape index (κ1) is 9.13. The van der Waals surface area contributed by atoms with Crippen LogP contribution < -0.4 is 0 Å². The lowest BCUT2D eigenvalue weighted by molar-refractivity contribution is -0.141. The van der Waals surface area contributed by atoms with Crippen molar-refractivity contribution in [1.82, 2.24) is 4.98 Å². The third-order valence-electron chi connectivity index (χ3n) is 1.17. The molecule has 0 aliphatic rings. The summed E-state index contributed by atoms with van der Waals surface area (Å²) in [6, 6.07) is 2.66. The van der Waals surface area contributed by atoms with E-state index in [1.165, 1.54) is 0 Å². The highest BCUT2D eigenvalue weighted by Crippen LogP contribution is 2.34. The molecule has 0 saturated carbocycles. The molecule has 12 heavy (non-hydrogen) atoms. The van der Waals surface area contributed by atoms with E-state index in [9.17, 15) is 13.2 Å². The van der Waals surface area contributed by atoms with E-state index in [2.05, 4.69) is 15.9 Å². The minimum absolute atomic E-state index is 0.116. The van der Waals surface area contributed by atoms with Crippen LogP contribution in [0, 0.1) is 11.3 Å². The Bertz CT molecular complexity index is 334. The third kappa shape index (κ3) is 1.61. The summed E-state index contributed by atoms with van der Waals surface area (Å²) in [5.74, 6) is 0. The summed E-state index contributed by atoms with van der Waals surface area (Å²) in [7, 11) is 0. The van der Waals surface area contributed by atoms with E-state index < -0.39 is 11.9 Å². The number of hydrogen-bond acceptors (Lipinski definition) is 1. The number of nitriles is 1. The van der Waals surface area contributed by atoms with E-state index in [-0.39, 0.29) is 10.2 Å². The van der Waals surface area contributed by atoms with Crippen molar-refractivity contribution in [3.05, 3.63) is 21.9 Å². The van der Waals surface area contributed by atoms with E-state index in [4.69, 9.17) is 5.26 Å². The number of aromatic amines is 1. The molecule has 0 amide bonds. The van der Waals surface area contributed by atoms with Gasteiger partial charge in [-0.2, -0.15) is 18.4 Å². The third-order valence-corrected chi connectivity index (χ3v) is 1.80. The lowest BCUT2D eigenvalue weighted by Gasteiger charge is -2.02. The van der Waals surface area contributed by atoms with Gasteiger partial charge in [0.2, 0.25) is 0 Å². The van der Waals surface area contributed by atoms with Crippen molar-refractivity contribution in [3.63, 3.8) is 0 Å². The van der Waals surface area contributed by atoms with Crippen LogP contribution in [0.4, 0.5) is 13.2 Å². The predicted octanol–water partition coefficient (Wildman–Crippen LogP) is 2.67. The fourth-order valence-corrected chi connectivity index (χ4v) is 1.25. The Balaban J connectivity index is 3.19. The van der Waals surface area contributed by atoms with E-state index in [1.54, 1.807) is 6.07 Å². The first-order valence-corrected chi connectivity index (χ1v) is 3.60. The molecule has 64 valence electrons. The van der Waals surface area contributed by atoms with Gasteiger partial charge >= 0.3 is 6.18 Å². The van der Waals surface area contributed by atoms with Gasteiger partial charge in [0, 0.05) is 4.47 Å². The zero-order chi connectivity index (χ0) is 9.35. The Labute approximate surface area is 74.1 Å². The van der Waals surface area contributed by atoms with E-state index >= 15 is 0 Å². The molecule has 1 N–H and O–H groups in total. The normalized spacial score (nSPS) is 11.2. The van der Waals surface area contributed by atoms with Gasteiger partial charge in [-0.05, 0) is 22.0 Å². The van der Waals surface area contributed by atoms with Gasteiger partial charge in [0.05, 0.1) is 0 Å². The number of rotatable bonds is 0. The average Bonchev–Trinajstić information content (AvgIpc) is 2.29. The van der Waals surface area contributed by atoms with Crippen LogP contribution in [0.2, 0.25) is 0 Å². The fourth-order valence-electron chi connectivity index (χ4n) is 0.696. The zero-order valence-corrected chi connectivity index (χ0v) is 7.12. The quantitative estimate of drug-likeness (QED) is 0.742. The molecule has 0 atom stereocenters. The molecule has 0 aliphatic carbocycles. The number of hydrogen-bond donors (Lipinski definition) is 1. The highest BCUT2D eigenvalue weighted by molar-refractivity contribution is 9.10. The monoisotopic (exact) mass is 238 g/mol. The van der Waals surface area contributed by atoms with Crippen molar-refractivity contribution in [1.29, 1.82) is 5.26 Å². The molecule has 1 aromatic heterocycles. The largest absolute Gasteiger partial charge is 0.432 e. The molecule has 0 spiro atoms. The van der Waals surface area contributed by atoms with Crippen molar-refractivity contribution < 1.29 is 13.2 Å². The van der Waals surface area contributed by atoms with Gasteiger partial charge in [-0.25, -0.2) is 0 Å². The average molecular weight is 239 g/mol. The van der Waals surface area contributed by atoms with Crippen LogP contribution in [0.3, 0.4) is 0 Å². The summed E-state index contributed by atoms with van der Waals surface area (Å²) in [4.78, 5) is 1.94. The second-order valence-electron chi connectivity index (χ2n) is 2.02. The van der Waals surface area contributed by atoms with Crippen molar-refractivity contribution in [2.24, 2.45) is 0 Å². The molecule has 0 bridgehead atoms. The molecule has 6 heteroatoms. The molecular formula is C6H2BrF3N2. The Kier molecular flexibility index (Phi) is 2.15. The van der Waals surface area contributed by atoms with Crippen molar-refractivity contribution >= 4 is 15.9 Å². The van der Waals surface area contributed by atoms with Gasteiger partial charge in [0.15, 0.2) is 0 Å². The van der Waals surface area contributed by atoms with Gasteiger partial charge in [-0.15, -0.1) is 0 Å². The lowest BCUT2D eigenvalue weighted by Crippen LogP contribution is -2.06. The predicted molar refractivity (Wildman–Crippen MR) is 38.2 cm³/mol. The Morgan fingerprint density at radius 1 is 1.50 bits per heavy atom. The molecule has 2 nitrogen and oxygen atoms in total. The van der Waals surface area contributed by atoms with Crippen molar-refractivity contribution in [2.45, 2.75) is 6.18 Å². The molecule has 0 aromatic carbocycles. The maximum atomic E-state index is 12.0. The fraction of sp³-hybridized carbons (Fsp3) is 0.167. The van der Waals surface area contributed by atoms with E-state index in [0.717, 1.165) is 6.07 Å². The summed E-state index contributed by atoms with van der Waals surface area (Å²) in [5.41, 5.74) is -1.05. The minimum atomic E-state index is -4.45. The molecule has 0 unspecified atom stereocenters. The highest BCUT2D eigenvalue weighted by atomic mass is 79.9. The molecule has 0 saturated heterocycles. The number of H-pyrrole nitrogens is 1. The SMILES string of the molecule is N#Cc1cc(Br)c(C(F)(F)F)[nH]1. The van der Waals surface area contributed by atoms with Gasteiger partial charge in [0.1, 0.15) is 17.5 Å². The summed E-state index contributed by atoms with van der Waals surface area (Å²) in [6.45, 7) is 0. The number of alkyl halides is 3. The second kappa shape index (κ2) is 2.83. The van der Waals surface area contributed by atoms with Crippen LogP contribution in [-0.2, 0) is 6.18 Å². The summed E-state index contributed by atoms with van der Waals surface area (Å²) in [5, 5.41) is 8.27. The number of nitrogens with one attached hydrogen (secondary N) is 1. The van der Waals surface area contributed by atoms with Crippen LogP contribution in [0.25, 0.3) is 0 Å². The van der Waals surface area contributed by atoms with Gasteiger partial charge in [-0.3, -0.25) is 0 Å². The zero-order valence-electron chi connectivity index (χ0n) is 5.54. The summed E-state index contributed by atoms with van der Waals surface area (Å²) >= 11 is 2.69. The van der Waals surface area contributed by atoms with Gasteiger partial charge < -0.3 is 4.98 Å². The Morgan fingerprint density at radius 3 is 2.33 bits per heavy atom. The lowest BCUT2D eigenvalue weighted by atomic mass is 10.4. The van der Waals surface area contributed by atoms with Crippen molar-refractivity contribution in [3.8, 4) is 6.07 Å². The molecular weight excluding hydrogens is 237 g/mol. The Hall–Kier alpha value is -0.960. The standard InChI is InChI=1S/C6H2BrF3N2/c7-4-1-3(2-11)12-5(4)6(8,9)10/h1,12H.